The van der Waals surface area contributed by atoms with E-state index in [-0.39, 0.29) is 30.3 Å². The van der Waals surface area contributed by atoms with Crippen molar-refractivity contribution < 1.29 is 29.1 Å². The number of rotatable bonds is 14. The van der Waals surface area contributed by atoms with Gasteiger partial charge in [-0.2, -0.15) is 0 Å². The molecule has 1 unspecified atom stereocenters. The topological polar surface area (TPSA) is 181 Å². The van der Waals surface area contributed by atoms with E-state index in [1.807, 2.05) is 13.8 Å². The molecule has 1 heterocycles. The second kappa shape index (κ2) is 13.5. The van der Waals surface area contributed by atoms with E-state index in [1.54, 1.807) is 19.1 Å². The Kier molecular flexibility index (Phi) is 10.7. The highest BCUT2D eigenvalue weighted by Crippen LogP contribution is 2.19. The van der Waals surface area contributed by atoms with Crippen LogP contribution in [0.1, 0.15) is 49.4 Å². The number of benzene rings is 1. The van der Waals surface area contributed by atoms with Crippen molar-refractivity contribution in [1.29, 1.82) is 0 Å². The highest BCUT2D eigenvalue weighted by Gasteiger charge is 2.29. The first-order chi connectivity index (χ1) is 17.4. The van der Waals surface area contributed by atoms with Crippen LogP contribution in [0.15, 0.2) is 30.5 Å². The lowest BCUT2D eigenvalue weighted by atomic mass is 9.98. The molecule has 0 saturated heterocycles. The fraction of sp³-hybridized carbons (Fsp3) is 0.440. The maximum absolute atomic E-state index is 12.9. The van der Waals surface area contributed by atoms with Gasteiger partial charge in [0.05, 0.1) is 17.1 Å². The van der Waals surface area contributed by atoms with E-state index >= 15 is 0 Å². The lowest BCUT2D eigenvalue weighted by Crippen LogP contribution is -2.50. The summed E-state index contributed by atoms with van der Waals surface area (Å²) in [4.78, 5) is 65.5. The first-order valence-electron chi connectivity index (χ1n) is 11.8. The number of primary amides is 1. The second-order valence-electron chi connectivity index (χ2n) is 9.19. The van der Waals surface area contributed by atoms with E-state index in [1.165, 1.54) is 25.3 Å². The molecule has 0 aliphatic heterocycles. The van der Waals surface area contributed by atoms with Crippen LogP contribution in [-0.2, 0) is 25.6 Å². The number of ketones is 1. The molecule has 2 rings (SSSR count). The summed E-state index contributed by atoms with van der Waals surface area (Å²) in [5.41, 5.74) is 6.13. The second-order valence-corrected chi connectivity index (χ2v) is 10.2. The minimum atomic E-state index is -0.991. The van der Waals surface area contributed by atoms with Gasteiger partial charge in [-0.15, -0.1) is 0 Å². The third-order valence-corrected chi connectivity index (χ3v) is 6.55. The van der Waals surface area contributed by atoms with Gasteiger partial charge in [-0.3, -0.25) is 24.0 Å². The number of phenolic OH excluding ortho intramolecular Hbond substituents is 1. The Bertz CT molecular complexity index is 1120. The summed E-state index contributed by atoms with van der Waals surface area (Å²) in [6.07, 6.45) is 2.05. The van der Waals surface area contributed by atoms with Gasteiger partial charge in [-0.1, -0.05) is 44.2 Å². The summed E-state index contributed by atoms with van der Waals surface area (Å²) in [6.45, 7) is 6.74. The van der Waals surface area contributed by atoms with Gasteiger partial charge in [-0.25, -0.2) is 4.98 Å². The van der Waals surface area contributed by atoms with Crippen LogP contribution >= 0.6 is 11.3 Å². The third-order valence-electron chi connectivity index (χ3n) is 5.70. The average Bonchev–Trinajstić information content (AvgIpc) is 3.30. The first kappa shape index (κ1) is 29.4. The average molecular weight is 532 g/mol. The fourth-order valence-electron chi connectivity index (χ4n) is 3.44. The van der Waals surface area contributed by atoms with Crippen LogP contribution in [0.3, 0.4) is 0 Å². The normalized spacial score (nSPS) is 14.2. The zero-order valence-electron chi connectivity index (χ0n) is 21.2. The summed E-state index contributed by atoms with van der Waals surface area (Å²) >= 11 is 1.11. The number of aldehydes is 1. The molecule has 0 radical (unpaired) electrons. The van der Waals surface area contributed by atoms with E-state index in [2.05, 4.69) is 20.9 Å². The van der Waals surface area contributed by atoms with Crippen LogP contribution in [0.4, 0.5) is 5.13 Å². The molecular formula is C25H33N5O6S. The molecule has 0 spiro atoms. The number of anilines is 1. The number of phenols is 1. The van der Waals surface area contributed by atoms with E-state index in [0.29, 0.717) is 21.9 Å². The quantitative estimate of drug-likeness (QED) is 0.227. The Morgan fingerprint density at radius 3 is 2.24 bits per heavy atom. The van der Waals surface area contributed by atoms with Crippen molar-refractivity contribution in [1.82, 2.24) is 15.6 Å². The zero-order chi connectivity index (χ0) is 27.7. The number of amides is 3. The summed E-state index contributed by atoms with van der Waals surface area (Å²) in [6, 6.07) is 3.60. The predicted molar refractivity (Wildman–Crippen MR) is 139 cm³/mol. The number of thiazole rings is 1. The van der Waals surface area contributed by atoms with Crippen molar-refractivity contribution in [2.45, 2.75) is 58.7 Å². The maximum Gasteiger partial charge on any atom is 0.243 e. The molecule has 11 nitrogen and oxygen atoms in total. The van der Waals surface area contributed by atoms with Crippen LogP contribution in [0.2, 0.25) is 0 Å². The molecule has 6 N–H and O–H groups in total. The molecule has 12 heteroatoms. The molecule has 0 fully saturated rings. The van der Waals surface area contributed by atoms with Crippen molar-refractivity contribution in [3.8, 4) is 5.75 Å². The van der Waals surface area contributed by atoms with Gasteiger partial charge in [-0.05, 0) is 30.5 Å². The first-order valence-corrected chi connectivity index (χ1v) is 12.6. The van der Waals surface area contributed by atoms with E-state index < -0.39 is 41.8 Å². The van der Waals surface area contributed by atoms with Gasteiger partial charge >= 0.3 is 0 Å². The third kappa shape index (κ3) is 8.98. The predicted octanol–water partition coefficient (Wildman–Crippen LogP) is 1.41. The SMILES string of the molecule is CC(C)C(Nc1ncc(C=O)s1)C(=O)N[C@@H](C)C(=O)C[C@@H](C)C(=O)N[C@@H](Cc1ccc(O)cc1)C(N)=O. The summed E-state index contributed by atoms with van der Waals surface area (Å²) in [5, 5.41) is 18.1. The number of carbonyl (C=O) groups is 5. The summed E-state index contributed by atoms with van der Waals surface area (Å²) in [5.74, 6) is -2.87. The molecule has 4 atom stereocenters. The molecule has 1 aromatic heterocycles. The van der Waals surface area contributed by atoms with Crippen LogP contribution in [0.25, 0.3) is 0 Å². The Labute approximate surface area is 219 Å². The molecule has 3 amide bonds. The highest BCUT2D eigenvalue weighted by atomic mass is 32.1. The van der Waals surface area contributed by atoms with Crippen molar-refractivity contribution in [2.24, 2.45) is 17.6 Å². The van der Waals surface area contributed by atoms with Crippen molar-refractivity contribution in [3.63, 3.8) is 0 Å². The maximum atomic E-state index is 12.9. The zero-order valence-corrected chi connectivity index (χ0v) is 22.0. The number of aromatic nitrogens is 1. The molecular weight excluding hydrogens is 498 g/mol. The Balaban J connectivity index is 1.93. The number of hydrogen-bond acceptors (Lipinski definition) is 9. The number of Topliss-reactive ketones (excluding diaryl/α,β-unsaturated/α-hetero) is 1. The van der Waals surface area contributed by atoms with Gasteiger partial charge in [0.2, 0.25) is 17.7 Å². The monoisotopic (exact) mass is 531 g/mol. The molecule has 0 bridgehead atoms. The van der Waals surface area contributed by atoms with Crippen molar-refractivity contribution >= 4 is 46.3 Å². The number of nitrogens with zero attached hydrogens (tertiary/aromatic N) is 1. The molecule has 0 aliphatic rings. The van der Waals surface area contributed by atoms with Crippen molar-refractivity contribution in [2.75, 3.05) is 5.32 Å². The molecule has 200 valence electrons. The standard InChI is InChI=1S/C25H33N5O6S/c1-13(2)21(30-25-27-11-18(12-31)37-25)24(36)28-15(4)20(33)9-14(3)23(35)29-19(22(26)34)10-16-5-7-17(32)8-6-16/h5-8,11-15,19,21,32H,9-10H2,1-4H3,(H2,26,34)(H,27,30)(H,28,36)(H,29,35)/t14-,15+,19+,21?/m1/s1. The van der Waals surface area contributed by atoms with Crippen molar-refractivity contribution in [3.05, 3.63) is 40.9 Å². The van der Waals surface area contributed by atoms with Crippen LogP contribution in [0.5, 0.6) is 5.75 Å². The van der Waals surface area contributed by atoms with Gasteiger partial charge in [0, 0.05) is 18.8 Å². The molecule has 2 aromatic rings. The number of aromatic hydroxyl groups is 1. The van der Waals surface area contributed by atoms with Gasteiger partial charge in [0.1, 0.15) is 17.8 Å². The minimum Gasteiger partial charge on any atom is -0.508 e. The Morgan fingerprint density at radius 2 is 1.70 bits per heavy atom. The molecule has 1 aromatic carbocycles. The van der Waals surface area contributed by atoms with Gasteiger partial charge in [0.15, 0.2) is 17.2 Å². The number of hydrogen-bond donors (Lipinski definition) is 5. The lowest BCUT2D eigenvalue weighted by Gasteiger charge is -2.24. The largest absolute Gasteiger partial charge is 0.508 e. The van der Waals surface area contributed by atoms with Gasteiger partial charge in [0.25, 0.3) is 0 Å². The number of nitrogens with one attached hydrogen (secondary N) is 3. The van der Waals surface area contributed by atoms with E-state index in [4.69, 9.17) is 5.73 Å². The molecule has 37 heavy (non-hydrogen) atoms. The molecule has 0 aliphatic carbocycles. The number of nitrogens with two attached hydrogens (primary N) is 1. The summed E-state index contributed by atoms with van der Waals surface area (Å²) < 4.78 is 0. The Morgan fingerprint density at radius 1 is 1.05 bits per heavy atom. The van der Waals surface area contributed by atoms with Crippen LogP contribution in [-0.4, -0.2) is 58.0 Å². The summed E-state index contributed by atoms with van der Waals surface area (Å²) in [7, 11) is 0. The number of carbonyl (C=O) groups excluding carboxylic acids is 5. The van der Waals surface area contributed by atoms with Gasteiger partial charge < -0.3 is 26.8 Å². The fourth-order valence-corrected chi connectivity index (χ4v) is 4.10. The smallest absolute Gasteiger partial charge is 0.243 e. The van der Waals surface area contributed by atoms with E-state index in [9.17, 15) is 29.1 Å². The van der Waals surface area contributed by atoms with E-state index in [0.717, 1.165) is 11.3 Å². The highest BCUT2D eigenvalue weighted by molar-refractivity contribution is 7.17. The van der Waals surface area contributed by atoms with Crippen LogP contribution < -0.4 is 21.7 Å². The van der Waals surface area contributed by atoms with Crippen LogP contribution in [0, 0.1) is 11.8 Å². The minimum absolute atomic E-state index is 0.0717. The lowest BCUT2D eigenvalue weighted by molar-refractivity contribution is -0.133. The molecule has 0 saturated carbocycles. The Hall–Kier alpha value is -3.80.